The maximum Gasteiger partial charge on any atom is 0.437 e. The first-order valence-corrected chi connectivity index (χ1v) is 21.2. The Hall–Kier alpha value is -8.54. The van der Waals surface area contributed by atoms with Crippen LogP contribution in [-0.2, 0) is 33.1 Å². The average Bonchev–Trinajstić information content (AvgIpc) is 3.97. The number of carbonyl (C=O) groups is 2. The molecule has 0 saturated carbocycles. The summed E-state index contributed by atoms with van der Waals surface area (Å²) in [5.41, 5.74) is 1.60. The van der Waals surface area contributed by atoms with Crippen molar-refractivity contribution in [2.45, 2.75) is 45.0 Å². The van der Waals surface area contributed by atoms with Gasteiger partial charge in [-0.05, 0) is 82.1 Å². The first kappa shape index (κ1) is 49.4. The van der Waals surface area contributed by atoms with Gasteiger partial charge in [0.05, 0.1) is 41.2 Å². The molecule has 12 nitrogen and oxygen atoms in total. The number of esters is 1. The van der Waals surface area contributed by atoms with E-state index in [2.05, 4.69) is 10.3 Å². The monoisotopic (exact) mass is 966 g/mol. The zero-order chi connectivity index (χ0) is 50.5. The Morgan fingerprint density at radius 1 is 0.557 bits per heavy atom. The molecule has 1 atom stereocenters. The number of rotatable bonds is 12. The zero-order valence-electron chi connectivity index (χ0n) is 36.8. The molecule has 2 aromatic heterocycles. The van der Waals surface area contributed by atoms with Crippen LogP contribution in [0, 0.1) is 0 Å². The molecule has 0 aliphatic heterocycles. The Balaban J connectivity index is 0.000000206. The van der Waals surface area contributed by atoms with Gasteiger partial charge in [0.15, 0.2) is 22.9 Å². The molecule has 2 heterocycles. The first-order valence-electron chi connectivity index (χ1n) is 21.2. The summed E-state index contributed by atoms with van der Waals surface area (Å²) in [6.07, 6.45) is -9.01. The molecule has 0 amide bonds. The molecular formula is C52H40F6N2O10. The van der Waals surface area contributed by atoms with E-state index >= 15 is 0 Å². The predicted molar refractivity (Wildman–Crippen MR) is 243 cm³/mol. The lowest BCUT2D eigenvalue weighted by Gasteiger charge is -2.12. The van der Waals surface area contributed by atoms with Crippen LogP contribution in [0.25, 0.3) is 67.2 Å². The van der Waals surface area contributed by atoms with E-state index in [1.165, 1.54) is 48.5 Å². The number of carboxylic acids is 1. The number of aromatic hydroxyl groups is 4. The summed E-state index contributed by atoms with van der Waals surface area (Å²) < 4.78 is 97.1. The summed E-state index contributed by atoms with van der Waals surface area (Å²) in [5.74, 6) is -3.82. The summed E-state index contributed by atoms with van der Waals surface area (Å²) in [5, 5.41) is 55.1. The third kappa shape index (κ3) is 10.9. The molecular weight excluding hydrogens is 927 g/mol. The van der Waals surface area contributed by atoms with E-state index in [0.29, 0.717) is 24.2 Å². The molecule has 8 aromatic rings. The van der Waals surface area contributed by atoms with Crippen molar-refractivity contribution >= 4 is 11.9 Å². The maximum absolute atomic E-state index is 13.7. The highest BCUT2D eigenvalue weighted by atomic mass is 19.4. The van der Waals surface area contributed by atoms with E-state index in [4.69, 9.17) is 13.8 Å². The number of halogens is 6. The second-order valence-electron chi connectivity index (χ2n) is 15.6. The van der Waals surface area contributed by atoms with Gasteiger partial charge in [-0.25, -0.2) is 0 Å². The molecule has 6 aromatic carbocycles. The fourth-order valence-corrected chi connectivity index (χ4v) is 7.61. The molecule has 360 valence electrons. The highest BCUT2D eigenvalue weighted by Crippen LogP contribution is 2.47. The van der Waals surface area contributed by atoms with E-state index in [1.807, 2.05) is 12.1 Å². The van der Waals surface area contributed by atoms with Crippen LogP contribution in [0.4, 0.5) is 26.3 Å². The van der Waals surface area contributed by atoms with Crippen LogP contribution in [-0.4, -0.2) is 54.4 Å². The Morgan fingerprint density at radius 2 is 0.929 bits per heavy atom. The number of alkyl halides is 6. The lowest BCUT2D eigenvalue weighted by molar-refractivity contribution is -0.143. The van der Waals surface area contributed by atoms with Gasteiger partial charge in [-0.15, -0.1) is 0 Å². The number of ether oxygens (including phenoxy) is 1. The highest BCUT2D eigenvalue weighted by Gasteiger charge is 2.42. The number of carbonyl (C=O) groups excluding carboxylic acids is 1. The predicted octanol–water partition coefficient (Wildman–Crippen LogP) is 12.9. The SMILES string of the molecule is CCC(C(=O)O)c1ccc(-c2ccc(-c3c(C(F)(F)F)noc3-c3ccc(O)cc3O)cc2)cc1.CCOC(=O)Cc1ccc(-c2ccc(-c3c(C(F)(F)F)noc3-c3ccc(O)cc3O)cc2)cc1. The maximum atomic E-state index is 13.7. The molecule has 0 aliphatic rings. The number of aromatic nitrogens is 2. The van der Waals surface area contributed by atoms with Crippen LogP contribution in [0.15, 0.2) is 143 Å². The minimum absolute atomic E-state index is 0.0398. The number of hydrogen-bond donors (Lipinski definition) is 5. The third-order valence-electron chi connectivity index (χ3n) is 11.0. The Morgan fingerprint density at radius 3 is 1.27 bits per heavy atom. The van der Waals surface area contributed by atoms with E-state index in [0.717, 1.165) is 34.4 Å². The summed E-state index contributed by atoms with van der Waals surface area (Å²) in [6.45, 7) is 3.83. The minimum Gasteiger partial charge on any atom is -0.508 e. The van der Waals surface area contributed by atoms with Crippen LogP contribution >= 0.6 is 0 Å². The number of phenols is 4. The van der Waals surface area contributed by atoms with Crippen LogP contribution in [0.5, 0.6) is 23.0 Å². The van der Waals surface area contributed by atoms with Crippen LogP contribution in [0.1, 0.15) is 48.7 Å². The second kappa shape index (κ2) is 20.4. The van der Waals surface area contributed by atoms with Gasteiger partial charge < -0.3 is 39.3 Å². The molecule has 0 saturated heterocycles. The van der Waals surface area contributed by atoms with E-state index in [-0.39, 0.29) is 68.8 Å². The summed E-state index contributed by atoms with van der Waals surface area (Å²) in [7, 11) is 0. The molecule has 18 heteroatoms. The van der Waals surface area contributed by atoms with Crippen LogP contribution in [0.3, 0.4) is 0 Å². The lowest BCUT2D eigenvalue weighted by Crippen LogP contribution is -2.10. The van der Waals surface area contributed by atoms with Crippen molar-refractivity contribution in [2.24, 2.45) is 0 Å². The molecule has 0 bridgehead atoms. The second-order valence-corrected chi connectivity index (χ2v) is 15.6. The van der Waals surface area contributed by atoms with Crippen molar-refractivity contribution in [2.75, 3.05) is 6.61 Å². The van der Waals surface area contributed by atoms with E-state index < -0.39 is 47.1 Å². The Bertz CT molecular complexity index is 3120. The smallest absolute Gasteiger partial charge is 0.437 e. The number of aliphatic carboxylic acids is 1. The minimum atomic E-state index is -4.81. The first-order chi connectivity index (χ1) is 33.3. The van der Waals surface area contributed by atoms with Gasteiger partial charge in [0.1, 0.15) is 23.0 Å². The van der Waals surface area contributed by atoms with Gasteiger partial charge in [0.2, 0.25) is 0 Å². The van der Waals surface area contributed by atoms with Crippen molar-refractivity contribution in [1.82, 2.24) is 10.3 Å². The largest absolute Gasteiger partial charge is 0.508 e. The lowest BCUT2D eigenvalue weighted by atomic mass is 9.93. The van der Waals surface area contributed by atoms with E-state index in [1.54, 1.807) is 74.5 Å². The topological polar surface area (TPSA) is 197 Å². The molecule has 0 radical (unpaired) electrons. The molecule has 0 fully saturated rings. The number of carboxylic acid groups (broad SMARTS) is 1. The van der Waals surface area contributed by atoms with Crippen molar-refractivity contribution in [3.05, 3.63) is 156 Å². The normalized spacial score (nSPS) is 11.9. The van der Waals surface area contributed by atoms with Gasteiger partial charge in [-0.3, -0.25) is 9.59 Å². The van der Waals surface area contributed by atoms with Gasteiger partial charge in [-0.1, -0.05) is 114 Å². The number of hydrogen-bond acceptors (Lipinski definition) is 11. The van der Waals surface area contributed by atoms with Gasteiger partial charge >= 0.3 is 24.3 Å². The van der Waals surface area contributed by atoms with Crippen LogP contribution < -0.4 is 0 Å². The quantitative estimate of drug-likeness (QED) is 0.0575. The fraction of sp³-hybridized carbons (Fsp3) is 0.154. The molecule has 0 aliphatic carbocycles. The third-order valence-corrected chi connectivity index (χ3v) is 11.0. The Labute approximate surface area is 394 Å². The van der Waals surface area contributed by atoms with Gasteiger partial charge in [-0.2, -0.15) is 26.3 Å². The standard InChI is InChI=1S/2C26H20F3NO5/c1-2-19(25(33)34)16-7-3-14(4-8-16)15-5-9-17(10-6-15)22-23(35-30-24(22)26(27,28)29)20-12-11-18(31)13-21(20)32;1-2-34-22(33)13-15-3-5-16(6-4-15)17-7-9-18(10-8-17)23-24(35-30-25(23)26(27,28)29)20-12-11-19(31)14-21(20)32/h3-13,19,31-32H,2H2,1H3,(H,33,34);3-12,14,31-32H,2,13H2,1H3. The molecule has 1 unspecified atom stereocenters. The van der Waals surface area contributed by atoms with Crippen molar-refractivity contribution in [1.29, 1.82) is 0 Å². The molecule has 70 heavy (non-hydrogen) atoms. The molecule has 5 N–H and O–H groups in total. The highest BCUT2D eigenvalue weighted by molar-refractivity contribution is 5.87. The van der Waals surface area contributed by atoms with Crippen molar-refractivity contribution in [3.63, 3.8) is 0 Å². The summed E-state index contributed by atoms with van der Waals surface area (Å²) in [4.78, 5) is 23.0. The zero-order valence-corrected chi connectivity index (χ0v) is 36.8. The number of nitrogens with zero attached hydrogens (tertiary/aromatic N) is 2. The Kier molecular flexibility index (Phi) is 14.4. The van der Waals surface area contributed by atoms with Gasteiger partial charge in [0.25, 0.3) is 0 Å². The number of benzene rings is 6. The molecule has 0 spiro atoms. The van der Waals surface area contributed by atoms with Crippen molar-refractivity contribution in [3.8, 4) is 90.2 Å². The average molecular weight is 967 g/mol. The van der Waals surface area contributed by atoms with Crippen molar-refractivity contribution < 1.29 is 75.2 Å². The fourth-order valence-electron chi connectivity index (χ4n) is 7.61. The van der Waals surface area contributed by atoms with Crippen LogP contribution in [0.2, 0.25) is 0 Å². The molecule has 8 rings (SSSR count). The summed E-state index contributed by atoms with van der Waals surface area (Å²) >= 11 is 0. The van der Waals surface area contributed by atoms with Gasteiger partial charge in [0, 0.05) is 12.1 Å². The number of phenolic OH excluding ortho intramolecular Hbond substituents is 4. The van der Waals surface area contributed by atoms with E-state index in [9.17, 15) is 61.5 Å². The summed E-state index contributed by atoms with van der Waals surface area (Å²) in [6, 6.07) is 33.6.